The number of rotatable bonds is 1. The van der Waals surface area contributed by atoms with Gasteiger partial charge in [-0.3, -0.25) is 4.79 Å². The van der Waals surface area contributed by atoms with Crippen LogP contribution in [-0.2, 0) is 0 Å². The minimum absolute atomic E-state index is 0.0825. The Bertz CT molecular complexity index is 999. The molecule has 0 amide bonds. The standard InChI is InChI=1S/C16H11N3OS/c17-15-13(14(20)9-5-1-2-6-10(9)18-15)16-19-11-7-3-4-8-12(11)21-16/h1-8H,(H3,17,18,20). The number of aromatic amines is 1. The molecule has 21 heavy (non-hydrogen) atoms. The third kappa shape index (κ3) is 1.82. The highest BCUT2D eigenvalue weighted by Crippen LogP contribution is 2.31. The number of fused-ring (bicyclic) bond motifs is 2. The van der Waals surface area contributed by atoms with Crippen LogP contribution in [0.25, 0.3) is 31.7 Å². The van der Waals surface area contributed by atoms with Gasteiger partial charge in [-0.25, -0.2) is 4.98 Å². The Morgan fingerprint density at radius 1 is 1.05 bits per heavy atom. The van der Waals surface area contributed by atoms with E-state index in [1.807, 2.05) is 42.5 Å². The summed E-state index contributed by atoms with van der Waals surface area (Å²) in [6, 6.07) is 15.2. The zero-order valence-corrected chi connectivity index (χ0v) is 11.8. The van der Waals surface area contributed by atoms with E-state index in [1.165, 1.54) is 11.3 Å². The maximum absolute atomic E-state index is 12.7. The van der Waals surface area contributed by atoms with Gasteiger partial charge in [0.15, 0.2) is 0 Å². The van der Waals surface area contributed by atoms with Crippen LogP contribution in [0.5, 0.6) is 0 Å². The first-order valence-corrected chi connectivity index (χ1v) is 7.32. The molecular weight excluding hydrogens is 282 g/mol. The molecule has 2 aromatic heterocycles. The molecular formula is C16H11N3OS. The summed E-state index contributed by atoms with van der Waals surface area (Å²) in [5, 5.41) is 1.28. The molecule has 5 heteroatoms. The highest BCUT2D eigenvalue weighted by atomic mass is 32.1. The van der Waals surface area contributed by atoms with Gasteiger partial charge in [-0.15, -0.1) is 11.3 Å². The number of hydrogen-bond donors (Lipinski definition) is 2. The van der Waals surface area contributed by atoms with Crippen LogP contribution in [0.3, 0.4) is 0 Å². The van der Waals surface area contributed by atoms with Crippen molar-refractivity contribution in [1.82, 2.24) is 9.97 Å². The van der Waals surface area contributed by atoms with Crippen LogP contribution in [-0.4, -0.2) is 9.97 Å². The molecule has 0 atom stereocenters. The monoisotopic (exact) mass is 293 g/mol. The van der Waals surface area contributed by atoms with Crippen molar-refractivity contribution in [2.45, 2.75) is 0 Å². The summed E-state index contributed by atoms with van der Waals surface area (Å²) in [5.74, 6) is 0.359. The van der Waals surface area contributed by atoms with Crippen LogP contribution < -0.4 is 11.2 Å². The third-order valence-corrected chi connectivity index (χ3v) is 4.50. The molecule has 0 aliphatic heterocycles. The van der Waals surface area contributed by atoms with Crippen molar-refractivity contribution >= 4 is 38.3 Å². The minimum Gasteiger partial charge on any atom is -0.385 e. The molecule has 0 saturated carbocycles. The number of H-pyrrole nitrogens is 1. The normalized spacial score (nSPS) is 11.2. The summed E-state index contributed by atoms with van der Waals surface area (Å²) < 4.78 is 1.04. The van der Waals surface area contributed by atoms with Gasteiger partial charge in [0.2, 0.25) is 5.43 Å². The molecule has 0 aliphatic carbocycles. The van der Waals surface area contributed by atoms with Crippen molar-refractivity contribution in [1.29, 1.82) is 0 Å². The Morgan fingerprint density at radius 2 is 1.81 bits per heavy atom. The number of anilines is 1. The molecule has 3 N–H and O–H groups in total. The lowest BCUT2D eigenvalue weighted by molar-refractivity contribution is 1.37. The predicted molar refractivity (Wildman–Crippen MR) is 87.6 cm³/mol. The smallest absolute Gasteiger partial charge is 0.201 e. The summed E-state index contributed by atoms with van der Waals surface area (Å²) in [5.41, 5.74) is 8.04. The number of pyridine rings is 1. The van der Waals surface area contributed by atoms with Crippen molar-refractivity contribution in [3.63, 3.8) is 0 Å². The number of nitrogens with two attached hydrogens (primary N) is 1. The topological polar surface area (TPSA) is 71.8 Å². The van der Waals surface area contributed by atoms with Gasteiger partial charge in [0, 0.05) is 5.39 Å². The van der Waals surface area contributed by atoms with Crippen LogP contribution in [0, 0.1) is 0 Å². The Labute approximate surface area is 123 Å². The zero-order valence-electron chi connectivity index (χ0n) is 11.0. The van der Waals surface area contributed by atoms with Crippen LogP contribution in [0.2, 0.25) is 0 Å². The third-order valence-electron chi connectivity index (χ3n) is 3.45. The van der Waals surface area contributed by atoms with Gasteiger partial charge in [-0.05, 0) is 24.3 Å². The lowest BCUT2D eigenvalue weighted by atomic mass is 10.1. The van der Waals surface area contributed by atoms with E-state index in [0.29, 0.717) is 21.8 Å². The average Bonchev–Trinajstić information content (AvgIpc) is 2.90. The maximum atomic E-state index is 12.7. The number of aromatic nitrogens is 2. The zero-order chi connectivity index (χ0) is 14.4. The molecule has 2 aromatic carbocycles. The SMILES string of the molecule is Nc1[nH]c2ccccc2c(=O)c1-c1nc2ccccc2s1. The van der Waals surface area contributed by atoms with Crippen LogP contribution >= 0.6 is 11.3 Å². The number of nitrogen functional groups attached to an aromatic ring is 1. The fourth-order valence-electron chi connectivity index (χ4n) is 2.45. The van der Waals surface area contributed by atoms with Crippen LogP contribution in [0.4, 0.5) is 5.82 Å². The first-order chi connectivity index (χ1) is 10.2. The van der Waals surface area contributed by atoms with E-state index in [9.17, 15) is 4.79 Å². The number of para-hydroxylation sites is 2. The number of nitrogens with zero attached hydrogens (tertiary/aromatic N) is 1. The Balaban J connectivity index is 2.08. The second kappa shape index (κ2) is 4.43. The minimum atomic E-state index is -0.0825. The van der Waals surface area contributed by atoms with Gasteiger partial charge in [-0.2, -0.15) is 0 Å². The first-order valence-electron chi connectivity index (χ1n) is 6.50. The van der Waals surface area contributed by atoms with Crippen molar-refractivity contribution in [2.75, 3.05) is 5.73 Å². The molecule has 0 bridgehead atoms. The molecule has 0 fully saturated rings. The number of hydrogen-bond acceptors (Lipinski definition) is 4. The first kappa shape index (κ1) is 12.1. The van der Waals surface area contributed by atoms with Crippen LogP contribution in [0.1, 0.15) is 0 Å². The molecule has 0 radical (unpaired) electrons. The van der Waals surface area contributed by atoms with Crippen molar-refractivity contribution in [3.05, 3.63) is 58.8 Å². The predicted octanol–water partition coefficient (Wildman–Crippen LogP) is 3.39. The van der Waals surface area contributed by atoms with Gasteiger partial charge >= 0.3 is 0 Å². The Hall–Kier alpha value is -2.66. The lowest BCUT2D eigenvalue weighted by Gasteiger charge is -2.04. The van der Waals surface area contributed by atoms with Gasteiger partial charge in [0.1, 0.15) is 10.8 Å². The second-order valence-electron chi connectivity index (χ2n) is 4.78. The van der Waals surface area contributed by atoms with Gasteiger partial charge in [0.25, 0.3) is 0 Å². The molecule has 4 rings (SSSR count). The summed E-state index contributed by atoms with van der Waals surface area (Å²) in [6.45, 7) is 0. The molecule has 0 saturated heterocycles. The van der Waals surface area contributed by atoms with E-state index in [2.05, 4.69) is 9.97 Å². The fourth-order valence-corrected chi connectivity index (χ4v) is 3.47. The molecule has 0 unspecified atom stereocenters. The maximum Gasteiger partial charge on any atom is 0.201 e. The van der Waals surface area contributed by atoms with E-state index in [-0.39, 0.29) is 5.43 Å². The van der Waals surface area contributed by atoms with Crippen molar-refractivity contribution in [3.8, 4) is 10.6 Å². The molecule has 4 aromatic rings. The van der Waals surface area contributed by atoms with E-state index >= 15 is 0 Å². The van der Waals surface area contributed by atoms with Gasteiger partial charge in [-0.1, -0.05) is 24.3 Å². The largest absolute Gasteiger partial charge is 0.385 e. The van der Waals surface area contributed by atoms with Gasteiger partial charge in [0.05, 0.1) is 21.3 Å². The second-order valence-corrected chi connectivity index (χ2v) is 5.81. The van der Waals surface area contributed by atoms with E-state index in [0.717, 1.165) is 15.7 Å². The summed E-state index contributed by atoms with van der Waals surface area (Å²) >= 11 is 1.48. The average molecular weight is 293 g/mol. The highest BCUT2D eigenvalue weighted by molar-refractivity contribution is 7.21. The molecule has 0 spiro atoms. The lowest BCUT2D eigenvalue weighted by Crippen LogP contribution is -2.10. The highest BCUT2D eigenvalue weighted by Gasteiger charge is 2.15. The Kier molecular flexibility index (Phi) is 2.55. The summed E-state index contributed by atoms with van der Waals surface area (Å²) in [7, 11) is 0. The summed E-state index contributed by atoms with van der Waals surface area (Å²) in [4.78, 5) is 20.3. The molecule has 2 heterocycles. The molecule has 0 aliphatic rings. The summed E-state index contributed by atoms with van der Waals surface area (Å²) in [6.07, 6.45) is 0. The number of benzene rings is 2. The van der Waals surface area contributed by atoms with Gasteiger partial charge < -0.3 is 10.7 Å². The van der Waals surface area contributed by atoms with Crippen molar-refractivity contribution in [2.24, 2.45) is 0 Å². The molecule has 102 valence electrons. The van der Waals surface area contributed by atoms with E-state index in [4.69, 9.17) is 5.73 Å². The number of nitrogens with one attached hydrogen (secondary N) is 1. The fraction of sp³-hybridized carbons (Fsp3) is 0. The van der Waals surface area contributed by atoms with Crippen molar-refractivity contribution < 1.29 is 0 Å². The Morgan fingerprint density at radius 3 is 2.67 bits per heavy atom. The quantitative estimate of drug-likeness (QED) is 0.565. The van der Waals surface area contributed by atoms with E-state index in [1.54, 1.807) is 6.07 Å². The van der Waals surface area contributed by atoms with Crippen LogP contribution in [0.15, 0.2) is 53.3 Å². The molecule has 4 nitrogen and oxygen atoms in total. The number of thiazole rings is 1. The van der Waals surface area contributed by atoms with E-state index < -0.39 is 0 Å².